The standard InChI is InChI=1S/C15H24O4/c1-4-6-14-8-11(17)7-13(3,10-16)15(14,18)19-12(5-2)9-14/h4,12,16,18H,1,5-10H2,2-3H3/t12?,13-,14+,15+/m0/s1. The monoisotopic (exact) mass is 268 g/mol. The van der Waals surface area contributed by atoms with E-state index in [0.29, 0.717) is 19.3 Å². The first-order valence-electron chi connectivity index (χ1n) is 7.00. The molecule has 2 aliphatic rings. The minimum Gasteiger partial charge on any atom is -0.396 e. The summed E-state index contributed by atoms with van der Waals surface area (Å²) in [5.41, 5.74) is -1.57. The predicted molar refractivity (Wildman–Crippen MR) is 71.4 cm³/mol. The van der Waals surface area contributed by atoms with Gasteiger partial charge in [0.25, 0.3) is 0 Å². The summed E-state index contributed by atoms with van der Waals surface area (Å²) in [6.07, 6.45) is 4.10. The summed E-state index contributed by atoms with van der Waals surface area (Å²) in [7, 11) is 0. The lowest BCUT2D eigenvalue weighted by molar-refractivity contribution is -0.317. The van der Waals surface area contributed by atoms with Gasteiger partial charge in [-0.05, 0) is 19.3 Å². The van der Waals surface area contributed by atoms with E-state index in [4.69, 9.17) is 4.74 Å². The van der Waals surface area contributed by atoms with Gasteiger partial charge in [-0.3, -0.25) is 4.79 Å². The molecule has 4 nitrogen and oxygen atoms in total. The molecule has 2 rings (SSSR count). The zero-order valence-electron chi connectivity index (χ0n) is 11.8. The third kappa shape index (κ3) is 1.89. The first kappa shape index (κ1) is 14.7. The number of carbonyl (C=O) groups is 1. The highest BCUT2D eigenvalue weighted by atomic mass is 16.6. The van der Waals surface area contributed by atoms with Gasteiger partial charge < -0.3 is 14.9 Å². The molecule has 0 aromatic heterocycles. The Morgan fingerprint density at radius 2 is 2.21 bits per heavy atom. The number of aliphatic hydroxyl groups is 2. The van der Waals surface area contributed by atoms with Crippen LogP contribution in [-0.4, -0.2) is 34.5 Å². The molecule has 2 fully saturated rings. The Morgan fingerprint density at radius 3 is 2.74 bits per heavy atom. The van der Waals surface area contributed by atoms with Crippen LogP contribution in [0.25, 0.3) is 0 Å². The average Bonchev–Trinajstić information content (AvgIpc) is 2.64. The zero-order valence-corrected chi connectivity index (χ0v) is 11.8. The van der Waals surface area contributed by atoms with E-state index in [1.54, 1.807) is 13.0 Å². The Morgan fingerprint density at radius 1 is 1.53 bits per heavy atom. The first-order chi connectivity index (χ1) is 8.86. The highest BCUT2D eigenvalue weighted by Gasteiger charge is 2.69. The summed E-state index contributed by atoms with van der Waals surface area (Å²) >= 11 is 0. The van der Waals surface area contributed by atoms with Gasteiger partial charge in [-0.1, -0.05) is 19.9 Å². The van der Waals surface area contributed by atoms with Crippen molar-refractivity contribution in [1.82, 2.24) is 0 Å². The normalized spacial score (nSPS) is 46.1. The van der Waals surface area contributed by atoms with Crippen molar-refractivity contribution in [2.75, 3.05) is 6.61 Å². The number of ketones is 1. The summed E-state index contributed by atoms with van der Waals surface area (Å²) in [6, 6.07) is 0. The summed E-state index contributed by atoms with van der Waals surface area (Å²) < 4.78 is 5.91. The number of fused-ring (bicyclic) bond motifs is 1. The van der Waals surface area contributed by atoms with Gasteiger partial charge in [0.1, 0.15) is 5.78 Å². The molecule has 1 heterocycles. The second-order valence-corrected chi connectivity index (χ2v) is 6.38. The molecule has 1 unspecified atom stereocenters. The Balaban J connectivity index is 2.50. The molecular weight excluding hydrogens is 244 g/mol. The van der Waals surface area contributed by atoms with Crippen LogP contribution in [0.1, 0.15) is 46.0 Å². The minimum atomic E-state index is -1.45. The number of aliphatic hydroxyl groups excluding tert-OH is 1. The number of rotatable bonds is 4. The summed E-state index contributed by atoms with van der Waals surface area (Å²) in [5, 5.41) is 20.9. The van der Waals surface area contributed by atoms with Gasteiger partial charge in [0.2, 0.25) is 0 Å². The summed E-state index contributed by atoms with van der Waals surface area (Å²) in [4.78, 5) is 12.1. The van der Waals surface area contributed by atoms with Crippen molar-refractivity contribution in [3.05, 3.63) is 12.7 Å². The van der Waals surface area contributed by atoms with Crippen LogP contribution in [0.3, 0.4) is 0 Å². The van der Waals surface area contributed by atoms with Crippen molar-refractivity contribution in [1.29, 1.82) is 0 Å². The molecule has 0 amide bonds. The topological polar surface area (TPSA) is 66.8 Å². The first-order valence-corrected chi connectivity index (χ1v) is 7.00. The van der Waals surface area contributed by atoms with Crippen LogP contribution in [0.15, 0.2) is 12.7 Å². The van der Waals surface area contributed by atoms with Gasteiger partial charge in [0.15, 0.2) is 5.79 Å². The zero-order chi connectivity index (χ0) is 14.3. The Bertz CT molecular complexity index is 394. The van der Waals surface area contributed by atoms with Crippen molar-refractivity contribution < 1.29 is 19.7 Å². The molecule has 1 saturated heterocycles. The van der Waals surface area contributed by atoms with E-state index in [0.717, 1.165) is 6.42 Å². The Labute approximate surface area is 114 Å². The molecule has 2 N–H and O–H groups in total. The number of Topliss-reactive ketones (excluding diaryl/α,β-unsaturated/α-hetero) is 1. The van der Waals surface area contributed by atoms with Gasteiger partial charge in [-0.15, -0.1) is 6.58 Å². The van der Waals surface area contributed by atoms with E-state index >= 15 is 0 Å². The van der Waals surface area contributed by atoms with E-state index in [2.05, 4.69) is 6.58 Å². The maximum atomic E-state index is 12.1. The number of carbonyl (C=O) groups excluding carboxylic acids is 1. The predicted octanol–water partition coefficient (Wildman–Crippen LogP) is 1.80. The molecule has 0 radical (unpaired) electrons. The van der Waals surface area contributed by atoms with Gasteiger partial charge in [0, 0.05) is 18.3 Å². The molecule has 108 valence electrons. The largest absolute Gasteiger partial charge is 0.396 e. The van der Waals surface area contributed by atoms with Crippen LogP contribution < -0.4 is 0 Å². The van der Waals surface area contributed by atoms with Crippen molar-refractivity contribution >= 4 is 5.78 Å². The second kappa shape index (κ2) is 4.69. The van der Waals surface area contributed by atoms with Crippen molar-refractivity contribution in [2.24, 2.45) is 10.8 Å². The molecular formula is C15H24O4. The number of hydrogen-bond acceptors (Lipinski definition) is 4. The second-order valence-electron chi connectivity index (χ2n) is 6.38. The SMILES string of the molecule is C=CC[C@]12CC(=O)C[C@@](C)(CO)[C@@]1(O)OC(CC)C2. The van der Waals surface area contributed by atoms with Crippen LogP contribution in [0, 0.1) is 10.8 Å². The fourth-order valence-electron chi connectivity index (χ4n) is 3.91. The molecule has 1 aliphatic heterocycles. The fraction of sp³-hybridized carbons (Fsp3) is 0.800. The molecule has 1 aliphatic carbocycles. The van der Waals surface area contributed by atoms with Gasteiger partial charge in [-0.25, -0.2) is 0 Å². The molecule has 0 aromatic carbocycles. The van der Waals surface area contributed by atoms with Crippen molar-refractivity contribution in [2.45, 2.75) is 57.8 Å². The molecule has 4 heteroatoms. The average molecular weight is 268 g/mol. The van der Waals surface area contributed by atoms with E-state index in [-0.39, 0.29) is 24.9 Å². The lowest BCUT2D eigenvalue weighted by Crippen LogP contribution is -2.62. The molecule has 0 aromatic rings. The third-order valence-electron chi connectivity index (χ3n) is 4.95. The number of allylic oxidation sites excluding steroid dienone is 1. The van der Waals surface area contributed by atoms with Crippen molar-refractivity contribution in [3.63, 3.8) is 0 Å². The van der Waals surface area contributed by atoms with Gasteiger partial charge in [-0.2, -0.15) is 0 Å². The summed E-state index contributed by atoms with van der Waals surface area (Å²) in [6.45, 7) is 7.23. The van der Waals surface area contributed by atoms with Crippen LogP contribution >= 0.6 is 0 Å². The van der Waals surface area contributed by atoms with E-state index in [1.165, 1.54) is 0 Å². The maximum Gasteiger partial charge on any atom is 0.180 e. The third-order valence-corrected chi connectivity index (χ3v) is 4.95. The molecule has 19 heavy (non-hydrogen) atoms. The quantitative estimate of drug-likeness (QED) is 0.763. The van der Waals surface area contributed by atoms with Crippen LogP contribution in [0.2, 0.25) is 0 Å². The lowest BCUT2D eigenvalue weighted by atomic mass is 9.56. The van der Waals surface area contributed by atoms with Crippen molar-refractivity contribution in [3.8, 4) is 0 Å². The number of ether oxygens (including phenoxy) is 1. The van der Waals surface area contributed by atoms with Crippen LogP contribution in [0.5, 0.6) is 0 Å². The Kier molecular flexibility index (Phi) is 3.62. The fourth-order valence-corrected chi connectivity index (χ4v) is 3.91. The lowest BCUT2D eigenvalue weighted by Gasteiger charge is -2.53. The van der Waals surface area contributed by atoms with Gasteiger partial charge >= 0.3 is 0 Å². The molecule has 1 saturated carbocycles. The highest BCUT2D eigenvalue weighted by molar-refractivity contribution is 5.81. The smallest absolute Gasteiger partial charge is 0.180 e. The molecule has 0 spiro atoms. The highest BCUT2D eigenvalue weighted by Crippen LogP contribution is 2.62. The molecule has 4 atom stereocenters. The van der Waals surface area contributed by atoms with E-state index in [9.17, 15) is 15.0 Å². The molecule has 0 bridgehead atoms. The summed E-state index contributed by atoms with van der Waals surface area (Å²) in [5.74, 6) is -1.36. The Hall–Kier alpha value is -0.710. The maximum absolute atomic E-state index is 12.1. The van der Waals surface area contributed by atoms with Gasteiger partial charge in [0.05, 0.1) is 18.1 Å². The minimum absolute atomic E-state index is 0.0678. The van der Waals surface area contributed by atoms with E-state index in [1.807, 2.05) is 6.92 Å². The van der Waals surface area contributed by atoms with Crippen LogP contribution in [-0.2, 0) is 9.53 Å². The number of hydrogen-bond donors (Lipinski definition) is 2. The van der Waals surface area contributed by atoms with Crippen LogP contribution in [0.4, 0.5) is 0 Å². The van der Waals surface area contributed by atoms with E-state index < -0.39 is 16.6 Å².